The Hall–Kier alpha value is -2.26. The third kappa shape index (κ3) is 4.73. The quantitative estimate of drug-likeness (QED) is 0.719. The maximum absolute atomic E-state index is 12.7. The molecule has 2 saturated heterocycles. The summed E-state index contributed by atoms with van der Waals surface area (Å²) in [5.74, 6) is -0.00356. The molecule has 2 aliphatic rings. The minimum absolute atomic E-state index is 0.00356. The Kier molecular flexibility index (Phi) is 6.48. The molecule has 2 aromatic heterocycles. The first-order valence-corrected chi connectivity index (χ1v) is 11.5. The van der Waals surface area contributed by atoms with Crippen molar-refractivity contribution in [2.45, 2.75) is 58.2 Å². The van der Waals surface area contributed by atoms with E-state index in [1.165, 1.54) is 10.9 Å². The van der Waals surface area contributed by atoms with E-state index in [-0.39, 0.29) is 24.1 Å². The first-order valence-electron chi connectivity index (χ1n) is 10.6. The number of hydrogen-bond acceptors (Lipinski definition) is 7. The minimum atomic E-state index is -0.131. The van der Waals surface area contributed by atoms with E-state index in [0.717, 1.165) is 57.1 Å². The molecular weight excluding hydrogens is 402 g/mol. The number of thiazole rings is 1. The first-order chi connectivity index (χ1) is 14.5. The van der Waals surface area contributed by atoms with Crippen LogP contribution >= 0.6 is 11.3 Å². The molecule has 0 aromatic carbocycles. The second-order valence-electron chi connectivity index (χ2n) is 8.15. The Morgan fingerprint density at radius 3 is 2.53 bits per heavy atom. The van der Waals surface area contributed by atoms with Crippen molar-refractivity contribution in [1.82, 2.24) is 24.3 Å². The molecule has 162 valence electrons. The van der Waals surface area contributed by atoms with E-state index in [0.29, 0.717) is 17.3 Å². The van der Waals surface area contributed by atoms with Gasteiger partial charge in [0.15, 0.2) is 0 Å². The Labute approximate surface area is 180 Å². The third-order valence-corrected chi connectivity index (χ3v) is 6.97. The number of hydrogen-bond donors (Lipinski definition) is 0. The number of likely N-dealkylation sites (tertiary alicyclic amines) is 2. The number of aromatic nitrogens is 3. The highest BCUT2D eigenvalue weighted by molar-refractivity contribution is 7.11. The fourth-order valence-electron chi connectivity index (χ4n) is 4.28. The number of rotatable bonds is 5. The van der Waals surface area contributed by atoms with Gasteiger partial charge in [-0.2, -0.15) is 0 Å². The van der Waals surface area contributed by atoms with Gasteiger partial charge >= 0.3 is 0 Å². The van der Waals surface area contributed by atoms with Gasteiger partial charge in [-0.3, -0.25) is 19.1 Å². The fourth-order valence-corrected chi connectivity index (χ4v) is 4.84. The van der Waals surface area contributed by atoms with Crippen molar-refractivity contribution < 1.29 is 9.53 Å². The SMILES string of the molecule is Cc1ncn(CC(=O)N2CCC(N3CCC(Oc4nccs4)CC3)CC2)c(=O)c1C. The summed E-state index contributed by atoms with van der Waals surface area (Å²) in [7, 11) is 0. The molecule has 9 heteroatoms. The zero-order valence-corrected chi connectivity index (χ0v) is 18.4. The molecule has 0 spiro atoms. The largest absolute Gasteiger partial charge is 0.467 e. The monoisotopic (exact) mass is 431 g/mol. The molecule has 0 unspecified atom stereocenters. The minimum Gasteiger partial charge on any atom is -0.467 e. The lowest BCUT2D eigenvalue weighted by Crippen LogP contribution is -2.50. The predicted molar refractivity (Wildman–Crippen MR) is 115 cm³/mol. The molecule has 2 aliphatic heterocycles. The maximum atomic E-state index is 12.7. The number of carbonyl (C=O) groups is 1. The fraction of sp³-hybridized carbons (Fsp3) is 0.619. The Morgan fingerprint density at radius 1 is 1.13 bits per heavy atom. The average molecular weight is 432 g/mol. The first kappa shape index (κ1) is 21.0. The molecule has 0 aliphatic carbocycles. The Morgan fingerprint density at radius 2 is 1.87 bits per heavy atom. The average Bonchev–Trinajstić information content (AvgIpc) is 3.28. The molecule has 30 heavy (non-hydrogen) atoms. The number of aryl methyl sites for hydroxylation is 1. The summed E-state index contributed by atoms with van der Waals surface area (Å²) >= 11 is 1.54. The summed E-state index contributed by atoms with van der Waals surface area (Å²) in [6, 6.07) is 0.515. The van der Waals surface area contributed by atoms with Crippen LogP contribution in [0.25, 0.3) is 0 Å². The van der Waals surface area contributed by atoms with E-state index in [4.69, 9.17) is 4.74 Å². The third-order valence-electron chi connectivity index (χ3n) is 6.31. The van der Waals surface area contributed by atoms with Crippen molar-refractivity contribution in [2.75, 3.05) is 26.2 Å². The van der Waals surface area contributed by atoms with Gasteiger partial charge in [-0.15, -0.1) is 0 Å². The molecule has 8 nitrogen and oxygen atoms in total. The predicted octanol–water partition coefficient (Wildman–Crippen LogP) is 1.85. The highest BCUT2D eigenvalue weighted by Crippen LogP contribution is 2.24. The van der Waals surface area contributed by atoms with Crippen LogP contribution < -0.4 is 10.3 Å². The Bertz CT molecular complexity index is 913. The van der Waals surface area contributed by atoms with Crippen molar-refractivity contribution in [3.8, 4) is 5.19 Å². The van der Waals surface area contributed by atoms with Crippen LogP contribution in [-0.4, -0.2) is 68.6 Å². The molecule has 0 N–H and O–H groups in total. The molecule has 4 rings (SSSR count). The van der Waals surface area contributed by atoms with Crippen LogP contribution in [0.15, 0.2) is 22.7 Å². The normalized spacial score (nSPS) is 19.2. The summed E-state index contributed by atoms with van der Waals surface area (Å²) in [5.41, 5.74) is 1.19. The van der Waals surface area contributed by atoms with E-state index < -0.39 is 0 Å². The Balaban J connectivity index is 1.24. The van der Waals surface area contributed by atoms with E-state index in [1.54, 1.807) is 24.5 Å². The van der Waals surface area contributed by atoms with Gasteiger partial charge in [-0.1, -0.05) is 11.3 Å². The molecule has 0 atom stereocenters. The molecular formula is C21H29N5O3S. The second kappa shape index (κ2) is 9.26. The van der Waals surface area contributed by atoms with Gasteiger partial charge in [0.05, 0.1) is 6.33 Å². The van der Waals surface area contributed by atoms with E-state index in [1.807, 2.05) is 17.2 Å². The van der Waals surface area contributed by atoms with Crippen molar-refractivity contribution in [3.63, 3.8) is 0 Å². The maximum Gasteiger partial charge on any atom is 0.273 e. The summed E-state index contributed by atoms with van der Waals surface area (Å²) in [6.45, 7) is 7.16. The molecule has 1 amide bonds. The van der Waals surface area contributed by atoms with E-state index in [9.17, 15) is 9.59 Å². The van der Waals surface area contributed by atoms with Gasteiger partial charge in [0.1, 0.15) is 12.6 Å². The number of piperidine rings is 2. The molecule has 0 bridgehead atoms. The summed E-state index contributed by atoms with van der Waals surface area (Å²) in [5, 5.41) is 2.70. The molecule has 0 radical (unpaired) electrons. The van der Waals surface area contributed by atoms with E-state index in [2.05, 4.69) is 14.9 Å². The van der Waals surface area contributed by atoms with Crippen molar-refractivity contribution >= 4 is 17.2 Å². The number of ether oxygens (including phenoxy) is 1. The lowest BCUT2D eigenvalue weighted by molar-refractivity contribution is -0.133. The van der Waals surface area contributed by atoms with Crippen molar-refractivity contribution in [1.29, 1.82) is 0 Å². The topological polar surface area (TPSA) is 80.6 Å². The van der Waals surface area contributed by atoms with Crippen molar-refractivity contribution in [3.05, 3.63) is 39.5 Å². The van der Waals surface area contributed by atoms with Gasteiger partial charge in [0, 0.05) is 55.1 Å². The second-order valence-corrected chi connectivity index (χ2v) is 9.01. The number of nitrogens with zero attached hydrogens (tertiary/aromatic N) is 5. The summed E-state index contributed by atoms with van der Waals surface area (Å²) in [4.78, 5) is 37.9. The van der Waals surface area contributed by atoms with Gasteiger partial charge in [0.2, 0.25) is 5.91 Å². The van der Waals surface area contributed by atoms with Crippen LogP contribution in [-0.2, 0) is 11.3 Å². The highest BCUT2D eigenvalue weighted by atomic mass is 32.1. The van der Waals surface area contributed by atoms with Gasteiger partial charge < -0.3 is 9.64 Å². The van der Waals surface area contributed by atoms with E-state index >= 15 is 0 Å². The van der Waals surface area contributed by atoms with Crippen molar-refractivity contribution in [2.24, 2.45) is 0 Å². The zero-order valence-electron chi connectivity index (χ0n) is 17.6. The molecule has 0 saturated carbocycles. The summed E-state index contributed by atoms with van der Waals surface area (Å²) < 4.78 is 7.38. The van der Waals surface area contributed by atoms with Gasteiger partial charge in [0.25, 0.3) is 10.8 Å². The van der Waals surface area contributed by atoms with Gasteiger partial charge in [-0.05, 0) is 39.5 Å². The smallest absolute Gasteiger partial charge is 0.273 e. The molecule has 2 aromatic rings. The van der Waals surface area contributed by atoms with Crippen LogP contribution in [0.3, 0.4) is 0 Å². The summed E-state index contributed by atoms with van der Waals surface area (Å²) in [6.07, 6.45) is 7.49. The lowest BCUT2D eigenvalue weighted by Gasteiger charge is -2.41. The van der Waals surface area contributed by atoms with Crippen LogP contribution in [0.5, 0.6) is 5.19 Å². The van der Waals surface area contributed by atoms with Crippen LogP contribution in [0.4, 0.5) is 0 Å². The molecule has 4 heterocycles. The number of amides is 1. The molecule has 2 fully saturated rings. The highest BCUT2D eigenvalue weighted by Gasteiger charge is 2.30. The standard InChI is InChI=1S/C21H29N5O3S/c1-15-16(2)23-14-26(20(15)28)13-19(27)25-8-3-17(4-9-25)24-10-5-18(6-11-24)29-21-22-7-12-30-21/h7,12,14,17-18H,3-6,8-11,13H2,1-2H3. The van der Waals surface area contributed by atoms with Crippen LogP contribution in [0, 0.1) is 13.8 Å². The van der Waals surface area contributed by atoms with Crippen LogP contribution in [0.1, 0.15) is 36.9 Å². The number of carbonyl (C=O) groups excluding carboxylic acids is 1. The lowest BCUT2D eigenvalue weighted by atomic mass is 9.99. The zero-order chi connectivity index (χ0) is 21.1. The van der Waals surface area contributed by atoms with Crippen LogP contribution in [0.2, 0.25) is 0 Å². The van der Waals surface area contributed by atoms with Gasteiger partial charge in [-0.25, -0.2) is 9.97 Å².